The van der Waals surface area contributed by atoms with E-state index >= 15 is 0 Å². The molecule has 3 rings (SSSR count). The van der Waals surface area contributed by atoms with Crippen LogP contribution in [0.25, 0.3) is 0 Å². The van der Waals surface area contributed by atoms with Crippen LogP contribution in [-0.2, 0) is 0 Å². The van der Waals surface area contributed by atoms with Gasteiger partial charge in [-0.25, -0.2) is 4.79 Å². The number of anilines is 2. The minimum Gasteiger partial charge on any atom is -0.325 e. The van der Waals surface area contributed by atoms with Crippen molar-refractivity contribution in [1.29, 1.82) is 0 Å². The molecule has 0 bridgehead atoms. The molecule has 1 fully saturated rings. The smallest absolute Gasteiger partial charge is 0.321 e. The quantitative estimate of drug-likeness (QED) is 0.822. The summed E-state index contributed by atoms with van der Waals surface area (Å²) in [5.74, 6) is -0.195. The average Bonchev–Trinajstić information content (AvgIpc) is 3.10. The summed E-state index contributed by atoms with van der Waals surface area (Å²) in [6.07, 6.45) is 2.10. The fraction of sp³-hybridized carbons (Fsp3) is 0.222. The molecule has 0 aliphatic carbocycles. The van der Waals surface area contributed by atoms with Crippen LogP contribution in [0.4, 0.5) is 16.2 Å². The van der Waals surface area contributed by atoms with Crippen molar-refractivity contribution in [3.8, 4) is 0 Å². The van der Waals surface area contributed by atoms with Crippen molar-refractivity contribution in [3.63, 3.8) is 0 Å². The molecule has 1 aliphatic heterocycles. The molecule has 1 heterocycles. The van der Waals surface area contributed by atoms with Gasteiger partial charge in [0.1, 0.15) is 0 Å². The van der Waals surface area contributed by atoms with E-state index in [-0.39, 0.29) is 11.9 Å². The predicted octanol–water partition coefficient (Wildman–Crippen LogP) is 4.33. The molecule has 1 saturated heterocycles. The average molecular weight is 388 g/mol. The summed E-state index contributed by atoms with van der Waals surface area (Å²) in [5, 5.41) is 5.72. The van der Waals surface area contributed by atoms with Gasteiger partial charge < -0.3 is 15.5 Å². The molecule has 2 aromatic carbocycles. The van der Waals surface area contributed by atoms with Crippen LogP contribution >= 0.6 is 15.9 Å². The molecule has 0 saturated carbocycles. The summed E-state index contributed by atoms with van der Waals surface area (Å²) >= 11 is 3.35. The SMILES string of the molecule is O=C(Nc1cccc(NC(=O)N2CCCC2)c1)c1cccc(Br)c1. The Kier molecular flexibility index (Phi) is 5.15. The molecule has 0 unspecified atom stereocenters. The first-order valence-corrected chi connectivity index (χ1v) is 8.64. The summed E-state index contributed by atoms with van der Waals surface area (Å²) in [4.78, 5) is 26.2. The van der Waals surface area contributed by atoms with E-state index < -0.39 is 0 Å². The van der Waals surface area contributed by atoms with Gasteiger partial charge in [0.05, 0.1) is 0 Å². The molecule has 24 heavy (non-hydrogen) atoms. The number of benzene rings is 2. The minimum absolute atomic E-state index is 0.0945. The van der Waals surface area contributed by atoms with Gasteiger partial charge in [-0.05, 0) is 49.2 Å². The van der Waals surface area contributed by atoms with Crippen LogP contribution in [-0.4, -0.2) is 29.9 Å². The highest BCUT2D eigenvalue weighted by molar-refractivity contribution is 9.10. The lowest BCUT2D eigenvalue weighted by molar-refractivity contribution is 0.102. The highest BCUT2D eigenvalue weighted by atomic mass is 79.9. The molecule has 0 aromatic heterocycles. The zero-order valence-electron chi connectivity index (χ0n) is 13.1. The number of likely N-dealkylation sites (tertiary alicyclic amines) is 1. The summed E-state index contributed by atoms with van der Waals surface area (Å²) in [6.45, 7) is 1.59. The lowest BCUT2D eigenvalue weighted by Crippen LogP contribution is -2.32. The molecule has 2 aromatic rings. The van der Waals surface area contributed by atoms with Gasteiger partial charge in [0.25, 0.3) is 5.91 Å². The van der Waals surface area contributed by atoms with Crippen LogP contribution in [0.1, 0.15) is 23.2 Å². The normalized spacial score (nSPS) is 13.6. The number of nitrogens with one attached hydrogen (secondary N) is 2. The van der Waals surface area contributed by atoms with Crippen LogP contribution in [0.15, 0.2) is 53.0 Å². The minimum atomic E-state index is -0.195. The summed E-state index contributed by atoms with van der Waals surface area (Å²) < 4.78 is 0.849. The zero-order valence-corrected chi connectivity index (χ0v) is 14.7. The monoisotopic (exact) mass is 387 g/mol. The number of rotatable bonds is 3. The molecule has 0 spiro atoms. The molecule has 5 nitrogen and oxygen atoms in total. The fourth-order valence-electron chi connectivity index (χ4n) is 2.63. The van der Waals surface area contributed by atoms with Gasteiger partial charge in [0.15, 0.2) is 0 Å². The Morgan fingerprint density at radius 3 is 2.29 bits per heavy atom. The fourth-order valence-corrected chi connectivity index (χ4v) is 3.03. The highest BCUT2D eigenvalue weighted by Crippen LogP contribution is 2.19. The third-order valence-corrected chi connectivity index (χ3v) is 4.35. The van der Waals surface area contributed by atoms with Gasteiger partial charge in [0, 0.05) is 34.5 Å². The van der Waals surface area contributed by atoms with Crippen LogP contribution in [0.5, 0.6) is 0 Å². The number of amides is 3. The number of urea groups is 1. The summed E-state index contributed by atoms with van der Waals surface area (Å²) in [5.41, 5.74) is 1.87. The number of halogens is 1. The molecule has 2 N–H and O–H groups in total. The van der Waals surface area contributed by atoms with Gasteiger partial charge in [-0.15, -0.1) is 0 Å². The Morgan fingerprint density at radius 2 is 1.58 bits per heavy atom. The predicted molar refractivity (Wildman–Crippen MR) is 98.4 cm³/mol. The van der Waals surface area contributed by atoms with E-state index in [0.717, 1.165) is 30.4 Å². The molecule has 124 valence electrons. The molecular formula is C18H18BrN3O2. The Bertz CT molecular complexity index is 757. The van der Waals surface area contributed by atoms with E-state index in [1.807, 2.05) is 18.2 Å². The number of hydrogen-bond acceptors (Lipinski definition) is 2. The van der Waals surface area contributed by atoms with Crippen molar-refractivity contribution in [1.82, 2.24) is 4.90 Å². The third-order valence-electron chi connectivity index (χ3n) is 3.85. The Morgan fingerprint density at radius 1 is 0.917 bits per heavy atom. The maximum Gasteiger partial charge on any atom is 0.321 e. The van der Waals surface area contributed by atoms with Crippen LogP contribution in [0.2, 0.25) is 0 Å². The maximum absolute atomic E-state index is 12.3. The van der Waals surface area contributed by atoms with Crippen LogP contribution in [0.3, 0.4) is 0 Å². The van der Waals surface area contributed by atoms with Gasteiger partial charge >= 0.3 is 6.03 Å². The second kappa shape index (κ2) is 7.49. The largest absolute Gasteiger partial charge is 0.325 e. The number of nitrogens with zero attached hydrogens (tertiary/aromatic N) is 1. The van der Waals surface area contributed by atoms with Crippen molar-refractivity contribution >= 4 is 39.2 Å². The van der Waals surface area contributed by atoms with E-state index in [1.165, 1.54) is 0 Å². The highest BCUT2D eigenvalue weighted by Gasteiger charge is 2.17. The van der Waals surface area contributed by atoms with E-state index in [1.54, 1.807) is 35.2 Å². The molecule has 1 aliphatic rings. The second-order valence-corrected chi connectivity index (χ2v) is 6.59. The molecular weight excluding hydrogens is 370 g/mol. The molecule has 0 radical (unpaired) electrons. The third kappa shape index (κ3) is 4.14. The van der Waals surface area contributed by atoms with Gasteiger partial charge in [0.2, 0.25) is 0 Å². The van der Waals surface area contributed by atoms with Gasteiger partial charge in [-0.3, -0.25) is 4.79 Å². The molecule has 6 heteroatoms. The zero-order chi connectivity index (χ0) is 16.9. The Labute approximate surface area is 149 Å². The lowest BCUT2D eigenvalue weighted by Gasteiger charge is -2.16. The van der Waals surface area contributed by atoms with Crippen LogP contribution < -0.4 is 10.6 Å². The van der Waals surface area contributed by atoms with Crippen molar-refractivity contribution < 1.29 is 9.59 Å². The molecule has 0 atom stereocenters. The number of carbonyl (C=O) groups is 2. The summed E-state index contributed by atoms with van der Waals surface area (Å²) in [7, 11) is 0. The van der Waals surface area contributed by atoms with Crippen molar-refractivity contribution in [2.75, 3.05) is 23.7 Å². The first-order valence-electron chi connectivity index (χ1n) is 7.85. The summed E-state index contributed by atoms with van der Waals surface area (Å²) in [6, 6.07) is 14.2. The van der Waals surface area contributed by atoms with E-state index in [9.17, 15) is 9.59 Å². The standard InChI is InChI=1S/C18H18BrN3O2/c19-14-6-3-5-13(11-14)17(23)20-15-7-4-8-16(12-15)21-18(24)22-9-1-2-10-22/h3-8,11-12H,1-2,9-10H2,(H,20,23)(H,21,24). The van der Waals surface area contributed by atoms with Gasteiger partial charge in [-0.1, -0.05) is 28.1 Å². The number of hydrogen-bond donors (Lipinski definition) is 2. The Hall–Kier alpha value is -2.34. The topological polar surface area (TPSA) is 61.4 Å². The van der Waals surface area contributed by atoms with Crippen LogP contribution in [0, 0.1) is 0 Å². The second-order valence-electron chi connectivity index (χ2n) is 5.67. The van der Waals surface area contributed by atoms with Crippen molar-refractivity contribution in [3.05, 3.63) is 58.6 Å². The Balaban J connectivity index is 1.66. The van der Waals surface area contributed by atoms with Crippen molar-refractivity contribution in [2.45, 2.75) is 12.8 Å². The maximum atomic E-state index is 12.3. The first kappa shape index (κ1) is 16.5. The van der Waals surface area contributed by atoms with Crippen molar-refractivity contribution in [2.24, 2.45) is 0 Å². The van der Waals surface area contributed by atoms with Gasteiger partial charge in [-0.2, -0.15) is 0 Å². The van der Waals surface area contributed by atoms with E-state index in [2.05, 4.69) is 26.6 Å². The van der Waals surface area contributed by atoms with E-state index in [4.69, 9.17) is 0 Å². The number of carbonyl (C=O) groups excluding carboxylic acids is 2. The molecule has 3 amide bonds. The lowest BCUT2D eigenvalue weighted by atomic mass is 10.2. The first-order chi connectivity index (χ1) is 11.6. The van der Waals surface area contributed by atoms with E-state index in [0.29, 0.717) is 16.9 Å².